The number of hydrogen-bond acceptors (Lipinski definition) is 5. The standard InChI is InChI=1S/C20H31ClN8/c1-22-20(26(2)15-19-24-16-25-27(19)3)23-8-5-9-28-10-12-29(13-11-28)18-7-4-6-17(21)14-18/h4,6-7,14,16H,5,8-13,15H2,1-3H3,(H,22,23). The Morgan fingerprint density at radius 1 is 1.28 bits per heavy atom. The Bertz CT molecular complexity index is 797. The van der Waals surface area contributed by atoms with Crippen LogP contribution in [0.1, 0.15) is 12.2 Å². The van der Waals surface area contributed by atoms with Crippen LogP contribution in [0.3, 0.4) is 0 Å². The monoisotopic (exact) mass is 418 g/mol. The van der Waals surface area contributed by atoms with Crippen molar-refractivity contribution in [2.45, 2.75) is 13.0 Å². The van der Waals surface area contributed by atoms with Gasteiger partial charge < -0.3 is 15.1 Å². The topological polar surface area (TPSA) is 64.8 Å². The van der Waals surface area contributed by atoms with Gasteiger partial charge in [0.25, 0.3) is 0 Å². The lowest BCUT2D eigenvalue weighted by molar-refractivity contribution is 0.255. The highest BCUT2D eigenvalue weighted by molar-refractivity contribution is 6.30. The van der Waals surface area contributed by atoms with Gasteiger partial charge in [-0.1, -0.05) is 17.7 Å². The van der Waals surface area contributed by atoms with Gasteiger partial charge in [0.2, 0.25) is 0 Å². The first-order valence-corrected chi connectivity index (χ1v) is 10.4. The number of guanidine groups is 1. The fraction of sp³-hybridized carbons (Fsp3) is 0.550. The van der Waals surface area contributed by atoms with Gasteiger partial charge in [0.1, 0.15) is 12.2 Å². The largest absolute Gasteiger partial charge is 0.369 e. The molecule has 0 unspecified atom stereocenters. The number of aryl methyl sites for hydroxylation is 1. The van der Waals surface area contributed by atoms with Crippen molar-refractivity contribution in [3.8, 4) is 0 Å². The number of anilines is 1. The van der Waals surface area contributed by atoms with Gasteiger partial charge in [0.15, 0.2) is 5.96 Å². The molecule has 1 N–H and O–H groups in total. The normalized spacial score (nSPS) is 15.6. The number of hydrogen-bond donors (Lipinski definition) is 1. The Labute approximate surface area is 178 Å². The van der Waals surface area contributed by atoms with Gasteiger partial charge in [-0.15, -0.1) is 0 Å². The van der Waals surface area contributed by atoms with Gasteiger partial charge in [-0.2, -0.15) is 5.10 Å². The molecule has 1 aliphatic heterocycles. The van der Waals surface area contributed by atoms with E-state index >= 15 is 0 Å². The number of aliphatic imine (C=N–C) groups is 1. The second-order valence-electron chi connectivity index (χ2n) is 7.29. The molecule has 1 aromatic carbocycles. The third-order valence-electron chi connectivity index (χ3n) is 5.24. The highest BCUT2D eigenvalue weighted by atomic mass is 35.5. The summed E-state index contributed by atoms with van der Waals surface area (Å²) in [5.41, 5.74) is 1.22. The quantitative estimate of drug-likeness (QED) is 0.419. The van der Waals surface area contributed by atoms with Crippen molar-refractivity contribution in [1.82, 2.24) is 29.9 Å². The minimum absolute atomic E-state index is 0.668. The Morgan fingerprint density at radius 2 is 2.07 bits per heavy atom. The molecule has 0 bridgehead atoms. The Hall–Kier alpha value is -2.32. The second-order valence-corrected chi connectivity index (χ2v) is 7.73. The minimum Gasteiger partial charge on any atom is -0.369 e. The van der Waals surface area contributed by atoms with Gasteiger partial charge in [-0.25, -0.2) is 4.98 Å². The molecule has 9 heteroatoms. The van der Waals surface area contributed by atoms with Gasteiger partial charge in [-0.3, -0.25) is 14.6 Å². The van der Waals surface area contributed by atoms with Crippen LogP contribution in [0.2, 0.25) is 5.02 Å². The fourth-order valence-corrected chi connectivity index (χ4v) is 3.72. The lowest BCUT2D eigenvalue weighted by Crippen LogP contribution is -2.47. The van der Waals surface area contributed by atoms with E-state index in [0.717, 1.165) is 62.5 Å². The summed E-state index contributed by atoms with van der Waals surface area (Å²) in [6.45, 7) is 6.87. The number of rotatable bonds is 7. The number of aromatic nitrogens is 3. The lowest BCUT2D eigenvalue weighted by atomic mass is 10.2. The second kappa shape index (κ2) is 10.5. The van der Waals surface area contributed by atoms with E-state index in [4.69, 9.17) is 11.6 Å². The first-order chi connectivity index (χ1) is 14.1. The van der Waals surface area contributed by atoms with Gasteiger partial charge in [-0.05, 0) is 31.2 Å². The number of nitrogens with zero attached hydrogens (tertiary/aromatic N) is 7. The molecule has 1 fully saturated rings. The number of piperazine rings is 1. The van der Waals surface area contributed by atoms with Crippen molar-refractivity contribution < 1.29 is 0 Å². The van der Waals surface area contributed by atoms with Crippen LogP contribution in [0.5, 0.6) is 0 Å². The molecule has 8 nitrogen and oxygen atoms in total. The molecule has 0 aliphatic carbocycles. The molecule has 1 aliphatic rings. The zero-order chi connectivity index (χ0) is 20.6. The third kappa shape index (κ3) is 6.08. The van der Waals surface area contributed by atoms with Gasteiger partial charge in [0.05, 0.1) is 6.54 Å². The van der Waals surface area contributed by atoms with Crippen molar-refractivity contribution >= 4 is 23.2 Å². The predicted octanol–water partition coefficient (Wildman–Crippen LogP) is 1.69. The SMILES string of the molecule is CN=C(NCCCN1CCN(c2cccc(Cl)c2)CC1)N(C)Cc1ncnn1C. The van der Waals surface area contributed by atoms with E-state index in [-0.39, 0.29) is 0 Å². The van der Waals surface area contributed by atoms with Crippen LogP contribution >= 0.6 is 11.6 Å². The van der Waals surface area contributed by atoms with E-state index in [1.54, 1.807) is 11.0 Å². The maximum atomic E-state index is 6.12. The van der Waals surface area contributed by atoms with Crippen LogP contribution in [0.15, 0.2) is 35.6 Å². The van der Waals surface area contributed by atoms with Crippen LogP contribution in [0.25, 0.3) is 0 Å². The first kappa shape index (κ1) is 21.4. The van der Waals surface area contributed by atoms with E-state index in [2.05, 4.69) is 41.2 Å². The summed E-state index contributed by atoms with van der Waals surface area (Å²) in [7, 11) is 5.72. The summed E-state index contributed by atoms with van der Waals surface area (Å²) in [5.74, 6) is 1.78. The molecule has 1 saturated heterocycles. The molecule has 0 amide bonds. The van der Waals surface area contributed by atoms with Gasteiger partial charge in [0, 0.05) is 64.6 Å². The van der Waals surface area contributed by atoms with Crippen LogP contribution in [-0.4, -0.2) is 83.9 Å². The zero-order valence-electron chi connectivity index (χ0n) is 17.6. The first-order valence-electron chi connectivity index (χ1n) is 10.0. The van der Waals surface area contributed by atoms with Crippen molar-refractivity contribution in [2.24, 2.45) is 12.0 Å². The average molecular weight is 419 g/mol. The van der Waals surface area contributed by atoms with Crippen molar-refractivity contribution in [2.75, 3.05) is 58.3 Å². The number of nitrogens with one attached hydrogen (secondary N) is 1. The fourth-order valence-electron chi connectivity index (χ4n) is 3.54. The summed E-state index contributed by atoms with van der Waals surface area (Å²) >= 11 is 6.12. The van der Waals surface area contributed by atoms with Crippen LogP contribution in [-0.2, 0) is 13.6 Å². The van der Waals surface area contributed by atoms with Crippen molar-refractivity contribution in [3.05, 3.63) is 41.4 Å². The van der Waals surface area contributed by atoms with E-state index in [9.17, 15) is 0 Å². The van der Waals surface area contributed by atoms with E-state index < -0.39 is 0 Å². The molecule has 0 saturated carbocycles. The Balaban J connectivity index is 1.35. The van der Waals surface area contributed by atoms with E-state index in [1.807, 2.05) is 39.3 Å². The molecule has 158 valence electrons. The van der Waals surface area contributed by atoms with E-state index in [1.165, 1.54) is 5.69 Å². The summed E-state index contributed by atoms with van der Waals surface area (Å²) in [6, 6.07) is 8.12. The smallest absolute Gasteiger partial charge is 0.193 e. The molecule has 29 heavy (non-hydrogen) atoms. The minimum atomic E-state index is 0.668. The molecule has 2 heterocycles. The Kier molecular flexibility index (Phi) is 7.71. The maximum absolute atomic E-state index is 6.12. The number of benzene rings is 1. The van der Waals surface area contributed by atoms with E-state index in [0.29, 0.717) is 6.54 Å². The Morgan fingerprint density at radius 3 is 2.72 bits per heavy atom. The molecule has 3 rings (SSSR count). The molecular formula is C20H31ClN8. The maximum Gasteiger partial charge on any atom is 0.193 e. The van der Waals surface area contributed by atoms with Crippen molar-refractivity contribution in [1.29, 1.82) is 0 Å². The van der Waals surface area contributed by atoms with Crippen LogP contribution in [0.4, 0.5) is 5.69 Å². The summed E-state index contributed by atoms with van der Waals surface area (Å²) in [6.07, 6.45) is 2.65. The summed E-state index contributed by atoms with van der Waals surface area (Å²) in [4.78, 5) is 15.6. The third-order valence-corrected chi connectivity index (χ3v) is 5.47. The molecule has 2 aromatic rings. The van der Waals surface area contributed by atoms with Crippen LogP contribution < -0.4 is 10.2 Å². The molecule has 0 radical (unpaired) electrons. The van der Waals surface area contributed by atoms with Crippen LogP contribution in [0, 0.1) is 0 Å². The predicted molar refractivity (Wildman–Crippen MR) is 119 cm³/mol. The van der Waals surface area contributed by atoms with Crippen molar-refractivity contribution in [3.63, 3.8) is 0 Å². The number of halogens is 1. The average Bonchev–Trinajstić information content (AvgIpc) is 3.13. The zero-order valence-corrected chi connectivity index (χ0v) is 18.3. The molecule has 1 aromatic heterocycles. The molecule has 0 atom stereocenters. The van der Waals surface area contributed by atoms with Gasteiger partial charge >= 0.3 is 0 Å². The summed E-state index contributed by atoms with van der Waals surface area (Å²) in [5, 5.41) is 8.36. The molecular weight excluding hydrogens is 388 g/mol. The summed E-state index contributed by atoms with van der Waals surface area (Å²) < 4.78 is 1.78. The highest BCUT2D eigenvalue weighted by Crippen LogP contribution is 2.20. The lowest BCUT2D eigenvalue weighted by Gasteiger charge is -2.36. The molecule has 0 spiro atoms. The highest BCUT2D eigenvalue weighted by Gasteiger charge is 2.17.